The Kier molecular flexibility index (Phi) is 7.61. The molecule has 1 heterocycles. The summed E-state index contributed by atoms with van der Waals surface area (Å²) < 4.78 is 11.8. The zero-order valence-electron chi connectivity index (χ0n) is 21.1. The minimum atomic E-state index is -0.304. The van der Waals surface area contributed by atoms with Gasteiger partial charge in [0.1, 0.15) is 6.61 Å². The van der Waals surface area contributed by atoms with Crippen LogP contribution in [-0.4, -0.2) is 23.2 Å². The van der Waals surface area contributed by atoms with Crippen LogP contribution in [0.1, 0.15) is 22.3 Å². The number of ether oxygens (including phenoxy) is 2. The van der Waals surface area contributed by atoms with Gasteiger partial charge in [-0.1, -0.05) is 78.9 Å². The Balaban J connectivity index is 1.41. The van der Waals surface area contributed by atoms with Crippen molar-refractivity contribution in [1.29, 1.82) is 0 Å². The van der Waals surface area contributed by atoms with Gasteiger partial charge in [0.2, 0.25) is 0 Å². The summed E-state index contributed by atoms with van der Waals surface area (Å²) in [5.74, 6) is 0.889. The number of allylic oxidation sites excluding steroid dienone is 1. The normalized spacial score (nSPS) is 14.3. The van der Waals surface area contributed by atoms with E-state index in [0.29, 0.717) is 29.4 Å². The number of benzene rings is 4. The lowest BCUT2D eigenvalue weighted by Crippen LogP contribution is -2.27. The number of rotatable bonds is 9. The van der Waals surface area contributed by atoms with Crippen molar-refractivity contribution in [1.82, 2.24) is 4.90 Å². The molecular weight excluding hydrogens is 494 g/mol. The maximum Gasteiger partial charge on any atom is 0.293 e. The van der Waals surface area contributed by atoms with Crippen molar-refractivity contribution in [2.45, 2.75) is 19.6 Å². The van der Waals surface area contributed by atoms with E-state index in [0.717, 1.165) is 44.8 Å². The molecule has 0 aliphatic carbocycles. The Hall–Kier alpha value is -4.29. The zero-order valence-corrected chi connectivity index (χ0v) is 21.9. The maximum absolute atomic E-state index is 13.3. The monoisotopic (exact) mass is 521 g/mol. The van der Waals surface area contributed by atoms with E-state index in [1.807, 2.05) is 84.9 Å². The molecule has 0 N–H and O–H groups in total. The van der Waals surface area contributed by atoms with E-state index in [4.69, 9.17) is 9.47 Å². The minimum Gasteiger partial charge on any atom is -0.493 e. The summed E-state index contributed by atoms with van der Waals surface area (Å²) >= 11 is 0.952. The number of hydrogen-bond donors (Lipinski definition) is 0. The van der Waals surface area contributed by atoms with Crippen LogP contribution in [0, 0.1) is 0 Å². The second kappa shape index (κ2) is 11.4. The van der Waals surface area contributed by atoms with Gasteiger partial charge in [-0.25, -0.2) is 0 Å². The van der Waals surface area contributed by atoms with E-state index >= 15 is 0 Å². The molecule has 6 heteroatoms. The summed E-state index contributed by atoms with van der Waals surface area (Å²) in [7, 11) is 1.59. The minimum absolute atomic E-state index is 0.223. The summed E-state index contributed by atoms with van der Waals surface area (Å²) in [5.41, 5.74) is 3.61. The third kappa shape index (κ3) is 5.36. The molecule has 0 atom stereocenters. The smallest absolute Gasteiger partial charge is 0.293 e. The number of carbonyl (C=O) groups is 2. The Morgan fingerprint density at radius 1 is 0.921 bits per heavy atom. The Bertz CT molecular complexity index is 1540. The number of methoxy groups -OCH3 is 1. The van der Waals surface area contributed by atoms with Crippen LogP contribution in [0.5, 0.6) is 11.5 Å². The number of thioether (sulfide) groups is 1. The van der Waals surface area contributed by atoms with Crippen LogP contribution in [0.3, 0.4) is 0 Å². The van der Waals surface area contributed by atoms with Crippen molar-refractivity contribution in [2.75, 3.05) is 7.11 Å². The second-order valence-electron chi connectivity index (χ2n) is 8.88. The predicted molar refractivity (Wildman–Crippen MR) is 153 cm³/mol. The van der Waals surface area contributed by atoms with Gasteiger partial charge in [-0.15, -0.1) is 6.58 Å². The van der Waals surface area contributed by atoms with Gasteiger partial charge in [-0.2, -0.15) is 0 Å². The van der Waals surface area contributed by atoms with Gasteiger partial charge in [0, 0.05) is 5.56 Å². The van der Waals surface area contributed by atoms with E-state index in [2.05, 4.69) is 6.58 Å². The molecule has 0 bridgehead atoms. The van der Waals surface area contributed by atoms with Crippen molar-refractivity contribution in [3.8, 4) is 11.5 Å². The summed E-state index contributed by atoms with van der Waals surface area (Å²) in [6.07, 6.45) is 4.10. The topological polar surface area (TPSA) is 55.8 Å². The van der Waals surface area contributed by atoms with Gasteiger partial charge in [0.05, 0.1) is 18.6 Å². The first-order valence-electron chi connectivity index (χ1n) is 12.3. The summed E-state index contributed by atoms with van der Waals surface area (Å²) in [6.45, 7) is 4.50. The standard InChI is InChI=1S/C32H27NO4S/c1-3-10-25-17-23(18-28(36-2)30(25)37-21-22-11-5-4-6-12-22)19-29-31(34)33(32(35)38-29)20-26-15-9-14-24-13-7-8-16-27(24)26/h3-9,11-19H,1,10,20-21H2,2H3/b29-19-. The molecule has 0 saturated carbocycles. The average Bonchev–Trinajstić information content (AvgIpc) is 3.20. The van der Waals surface area contributed by atoms with Crippen LogP contribution in [0.25, 0.3) is 16.8 Å². The van der Waals surface area contributed by atoms with Crippen molar-refractivity contribution >= 4 is 39.8 Å². The van der Waals surface area contributed by atoms with E-state index in [1.165, 1.54) is 4.90 Å². The van der Waals surface area contributed by atoms with Crippen molar-refractivity contribution in [3.05, 3.63) is 125 Å². The lowest BCUT2D eigenvalue weighted by atomic mass is 10.0. The van der Waals surface area contributed by atoms with Gasteiger partial charge in [0.15, 0.2) is 11.5 Å². The van der Waals surface area contributed by atoms with Gasteiger partial charge in [-0.05, 0) is 63.9 Å². The molecule has 0 aromatic heterocycles. The molecule has 38 heavy (non-hydrogen) atoms. The molecule has 1 saturated heterocycles. The Morgan fingerprint density at radius 3 is 2.47 bits per heavy atom. The summed E-state index contributed by atoms with van der Waals surface area (Å²) in [5, 5.41) is 1.82. The zero-order chi connectivity index (χ0) is 26.5. The van der Waals surface area contributed by atoms with Crippen molar-refractivity contribution < 1.29 is 19.1 Å². The van der Waals surface area contributed by atoms with E-state index in [-0.39, 0.29) is 17.7 Å². The van der Waals surface area contributed by atoms with E-state index in [1.54, 1.807) is 19.3 Å². The summed E-state index contributed by atoms with van der Waals surface area (Å²) in [4.78, 5) is 27.8. The molecule has 2 amide bonds. The number of nitrogens with zero attached hydrogens (tertiary/aromatic N) is 1. The molecule has 0 spiro atoms. The van der Waals surface area contributed by atoms with Crippen molar-refractivity contribution in [2.24, 2.45) is 0 Å². The maximum atomic E-state index is 13.3. The fourth-order valence-corrected chi connectivity index (χ4v) is 5.35. The van der Waals surface area contributed by atoms with Gasteiger partial charge >= 0.3 is 0 Å². The Labute approximate surface area is 226 Å². The van der Waals surface area contributed by atoms with E-state index < -0.39 is 0 Å². The average molecular weight is 522 g/mol. The molecular formula is C32H27NO4S. The number of amides is 2. The highest BCUT2D eigenvalue weighted by Gasteiger charge is 2.35. The molecule has 0 radical (unpaired) electrons. The highest BCUT2D eigenvalue weighted by Crippen LogP contribution is 2.38. The molecule has 5 rings (SSSR count). The number of carbonyl (C=O) groups excluding carboxylic acids is 2. The molecule has 0 unspecified atom stereocenters. The largest absolute Gasteiger partial charge is 0.493 e. The van der Waals surface area contributed by atoms with Crippen LogP contribution in [0.15, 0.2) is 102 Å². The third-order valence-electron chi connectivity index (χ3n) is 6.34. The molecule has 190 valence electrons. The van der Waals surface area contributed by atoms with Crippen LogP contribution in [0.4, 0.5) is 4.79 Å². The lowest BCUT2D eigenvalue weighted by Gasteiger charge is -2.16. The Morgan fingerprint density at radius 2 is 1.68 bits per heavy atom. The van der Waals surface area contributed by atoms with E-state index in [9.17, 15) is 9.59 Å². The van der Waals surface area contributed by atoms with Crippen LogP contribution in [-0.2, 0) is 24.4 Å². The first-order valence-corrected chi connectivity index (χ1v) is 13.1. The fraction of sp³-hybridized carbons (Fsp3) is 0.125. The SMILES string of the molecule is C=CCc1cc(/C=C2\SC(=O)N(Cc3cccc4ccccc34)C2=O)cc(OC)c1OCc1ccccc1. The van der Waals surface area contributed by atoms with Gasteiger partial charge in [-0.3, -0.25) is 14.5 Å². The van der Waals surface area contributed by atoms with Gasteiger partial charge < -0.3 is 9.47 Å². The van der Waals surface area contributed by atoms with Crippen LogP contribution < -0.4 is 9.47 Å². The second-order valence-corrected chi connectivity index (χ2v) is 9.88. The predicted octanol–water partition coefficient (Wildman–Crippen LogP) is 7.39. The molecule has 1 aliphatic heterocycles. The quantitative estimate of drug-likeness (QED) is 0.170. The van der Waals surface area contributed by atoms with Gasteiger partial charge in [0.25, 0.3) is 11.1 Å². The van der Waals surface area contributed by atoms with Crippen LogP contribution in [0.2, 0.25) is 0 Å². The number of imide groups is 1. The molecule has 4 aromatic carbocycles. The molecule has 1 aliphatic rings. The molecule has 1 fully saturated rings. The first kappa shape index (κ1) is 25.4. The highest BCUT2D eigenvalue weighted by molar-refractivity contribution is 8.18. The fourth-order valence-electron chi connectivity index (χ4n) is 4.51. The highest BCUT2D eigenvalue weighted by atomic mass is 32.2. The first-order chi connectivity index (χ1) is 18.6. The lowest BCUT2D eigenvalue weighted by molar-refractivity contribution is -0.123. The number of hydrogen-bond acceptors (Lipinski definition) is 5. The van der Waals surface area contributed by atoms with Crippen molar-refractivity contribution in [3.63, 3.8) is 0 Å². The van der Waals surface area contributed by atoms with Crippen LogP contribution >= 0.6 is 11.8 Å². The summed E-state index contributed by atoms with van der Waals surface area (Å²) in [6, 6.07) is 27.6. The molecule has 4 aromatic rings. The number of fused-ring (bicyclic) bond motifs is 1. The third-order valence-corrected chi connectivity index (χ3v) is 7.25. The molecule has 5 nitrogen and oxygen atoms in total.